The zero-order valence-electron chi connectivity index (χ0n) is 16.4. The van der Waals surface area contributed by atoms with E-state index in [1.807, 2.05) is 60.7 Å². The number of imidazole rings is 1. The normalized spacial score (nSPS) is 12.6. The Kier molecular flexibility index (Phi) is 4.52. The van der Waals surface area contributed by atoms with Gasteiger partial charge in [0, 0.05) is 22.9 Å². The number of ketones is 1. The second-order valence-electron chi connectivity index (χ2n) is 7.02. The third kappa shape index (κ3) is 3.33. The number of benzene rings is 2. The number of aromatic nitrogens is 3. The Morgan fingerprint density at radius 3 is 2.43 bits per heavy atom. The van der Waals surface area contributed by atoms with Crippen LogP contribution in [0.5, 0.6) is 11.5 Å². The van der Waals surface area contributed by atoms with Crippen LogP contribution in [0.1, 0.15) is 17.3 Å². The monoisotopic (exact) mass is 397 g/mol. The Morgan fingerprint density at radius 1 is 0.933 bits per heavy atom. The molecular formula is C24H19N3O3. The van der Waals surface area contributed by atoms with Crippen molar-refractivity contribution in [3.63, 3.8) is 0 Å². The van der Waals surface area contributed by atoms with E-state index in [1.54, 1.807) is 13.1 Å². The highest BCUT2D eigenvalue weighted by Crippen LogP contribution is 2.38. The molecule has 0 spiro atoms. The fraction of sp³-hybridized carbons (Fsp3) is 0.125. The van der Waals surface area contributed by atoms with Crippen molar-refractivity contribution in [2.24, 2.45) is 0 Å². The Labute approximate surface area is 173 Å². The average Bonchev–Trinajstić information content (AvgIpc) is 3.25. The van der Waals surface area contributed by atoms with Gasteiger partial charge in [-0.05, 0) is 37.3 Å². The topological polar surface area (TPSA) is 77.1 Å². The first-order valence-corrected chi connectivity index (χ1v) is 9.72. The summed E-state index contributed by atoms with van der Waals surface area (Å²) in [4.78, 5) is 24.4. The van der Waals surface area contributed by atoms with E-state index in [-0.39, 0.29) is 5.78 Å². The lowest BCUT2D eigenvalue weighted by atomic mass is 10.1. The molecule has 1 aliphatic rings. The van der Waals surface area contributed by atoms with Gasteiger partial charge < -0.3 is 14.5 Å². The van der Waals surface area contributed by atoms with Crippen LogP contribution in [0.15, 0.2) is 66.9 Å². The Bertz CT molecular complexity index is 1210. The van der Waals surface area contributed by atoms with Gasteiger partial charge in [-0.2, -0.15) is 0 Å². The summed E-state index contributed by atoms with van der Waals surface area (Å²) in [6.45, 7) is 2.63. The predicted octanol–water partition coefficient (Wildman–Crippen LogP) is 4.78. The zero-order valence-corrected chi connectivity index (χ0v) is 16.4. The van der Waals surface area contributed by atoms with Crippen LogP contribution in [0.2, 0.25) is 0 Å². The van der Waals surface area contributed by atoms with E-state index >= 15 is 0 Å². The van der Waals surface area contributed by atoms with Gasteiger partial charge >= 0.3 is 0 Å². The number of hydrogen-bond acceptors (Lipinski definition) is 5. The third-order valence-corrected chi connectivity index (χ3v) is 5.01. The Balaban J connectivity index is 1.63. The van der Waals surface area contributed by atoms with E-state index in [1.165, 1.54) is 0 Å². The maximum Gasteiger partial charge on any atom is 0.162 e. The number of hydrogen-bond donors (Lipinski definition) is 1. The van der Waals surface area contributed by atoms with Crippen LogP contribution in [0.3, 0.4) is 0 Å². The predicted molar refractivity (Wildman–Crippen MR) is 114 cm³/mol. The first-order valence-electron chi connectivity index (χ1n) is 9.72. The summed E-state index contributed by atoms with van der Waals surface area (Å²) in [6.07, 6.45) is 1.76. The highest BCUT2D eigenvalue weighted by Gasteiger charge is 2.19. The van der Waals surface area contributed by atoms with Crippen molar-refractivity contribution in [2.75, 3.05) is 13.2 Å². The minimum Gasteiger partial charge on any atom is -0.486 e. The number of fused-ring (bicyclic) bond motifs is 1. The molecule has 148 valence electrons. The fourth-order valence-corrected chi connectivity index (χ4v) is 3.47. The van der Waals surface area contributed by atoms with Crippen molar-refractivity contribution in [3.8, 4) is 45.5 Å². The molecule has 0 aliphatic carbocycles. The molecule has 1 N–H and O–H groups in total. The summed E-state index contributed by atoms with van der Waals surface area (Å²) in [5, 5.41) is 0. The standard InChI is InChI=1S/C24H19N3O3/c1-15(28)16-5-7-17(8-6-16)24-26-22(23(27-24)19-4-2-3-11-25-19)18-9-10-20-21(14-18)30-13-12-29-20/h2-11,14H,12-13H2,1H3,(H,26,27). The zero-order chi connectivity index (χ0) is 20.5. The molecule has 0 unspecified atom stereocenters. The van der Waals surface area contributed by atoms with E-state index in [9.17, 15) is 4.79 Å². The lowest BCUT2D eigenvalue weighted by Gasteiger charge is -2.18. The molecule has 3 heterocycles. The Morgan fingerprint density at radius 2 is 1.70 bits per heavy atom. The fourth-order valence-electron chi connectivity index (χ4n) is 3.47. The summed E-state index contributed by atoms with van der Waals surface area (Å²) in [7, 11) is 0. The quantitative estimate of drug-likeness (QED) is 0.502. The molecule has 2 aromatic heterocycles. The van der Waals surface area contributed by atoms with Gasteiger partial charge in [-0.15, -0.1) is 0 Å². The molecule has 4 aromatic rings. The molecule has 0 fully saturated rings. The van der Waals surface area contributed by atoms with Crippen LogP contribution in [0.25, 0.3) is 34.0 Å². The smallest absolute Gasteiger partial charge is 0.162 e. The number of carbonyl (C=O) groups excluding carboxylic acids is 1. The van der Waals surface area contributed by atoms with Crippen molar-refractivity contribution < 1.29 is 14.3 Å². The first-order chi connectivity index (χ1) is 14.7. The molecule has 0 amide bonds. The van der Waals surface area contributed by atoms with Crippen molar-refractivity contribution in [3.05, 3.63) is 72.4 Å². The summed E-state index contributed by atoms with van der Waals surface area (Å²) in [5.41, 5.74) is 4.85. The lowest BCUT2D eigenvalue weighted by molar-refractivity contribution is 0.101. The summed E-state index contributed by atoms with van der Waals surface area (Å²) < 4.78 is 11.4. The van der Waals surface area contributed by atoms with Crippen LogP contribution < -0.4 is 9.47 Å². The van der Waals surface area contributed by atoms with E-state index in [0.29, 0.717) is 30.4 Å². The van der Waals surface area contributed by atoms with Crippen molar-refractivity contribution in [1.29, 1.82) is 0 Å². The molecule has 2 aromatic carbocycles. The summed E-state index contributed by atoms with van der Waals surface area (Å²) in [6, 6.07) is 19.0. The molecule has 0 bridgehead atoms. The number of H-pyrrole nitrogens is 1. The van der Waals surface area contributed by atoms with Gasteiger partial charge in [0.1, 0.15) is 19.0 Å². The maximum atomic E-state index is 11.6. The molecular weight excluding hydrogens is 378 g/mol. The van der Waals surface area contributed by atoms with Crippen LogP contribution in [0.4, 0.5) is 0 Å². The van der Waals surface area contributed by atoms with E-state index in [0.717, 1.165) is 34.0 Å². The van der Waals surface area contributed by atoms with Gasteiger partial charge in [-0.1, -0.05) is 30.3 Å². The molecule has 0 saturated carbocycles. The number of nitrogens with zero attached hydrogens (tertiary/aromatic N) is 2. The minimum atomic E-state index is 0.0344. The second kappa shape index (κ2) is 7.48. The molecule has 1 aliphatic heterocycles. The maximum absolute atomic E-state index is 11.6. The van der Waals surface area contributed by atoms with Crippen LogP contribution in [-0.2, 0) is 0 Å². The van der Waals surface area contributed by atoms with E-state index in [4.69, 9.17) is 14.5 Å². The molecule has 6 nitrogen and oxygen atoms in total. The molecule has 30 heavy (non-hydrogen) atoms. The van der Waals surface area contributed by atoms with Crippen molar-refractivity contribution in [1.82, 2.24) is 15.0 Å². The van der Waals surface area contributed by atoms with Crippen LogP contribution >= 0.6 is 0 Å². The third-order valence-electron chi connectivity index (χ3n) is 5.01. The van der Waals surface area contributed by atoms with Gasteiger partial charge in [-0.3, -0.25) is 9.78 Å². The first kappa shape index (κ1) is 18.1. The highest BCUT2D eigenvalue weighted by molar-refractivity contribution is 5.94. The molecule has 0 atom stereocenters. The van der Waals surface area contributed by atoms with Crippen LogP contribution in [0, 0.1) is 0 Å². The average molecular weight is 397 g/mol. The number of rotatable bonds is 4. The SMILES string of the molecule is CC(=O)c1ccc(-c2nc(-c3ccc4c(c3)OCCO4)c(-c3ccccn3)[nH]2)cc1. The highest BCUT2D eigenvalue weighted by atomic mass is 16.6. The summed E-state index contributed by atoms with van der Waals surface area (Å²) in [5.74, 6) is 2.18. The van der Waals surface area contributed by atoms with Gasteiger partial charge in [-0.25, -0.2) is 4.98 Å². The largest absolute Gasteiger partial charge is 0.486 e. The molecule has 0 saturated heterocycles. The number of ether oxygens (including phenoxy) is 2. The van der Waals surface area contributed by atoms with Gasteiger partial charge in [0.15, 0.2) is 17.3 Å². The van der Waals surface area contributed by atoms with Crippen molar-refractivity contribution >= 4 is 5.78 Å². The van der Waals surface area contributed by atoms with E-state index in [2.05, 4.69) is 9.97 Å². The number of carbonyl (C=O) groups is 1. The number of aromatic amines is 1. The Hall–Kier alpha value is -3.93. The molecule has 5 rings (SSSR count). The number of nitrogens with one attached hydrogen (secondary N) is 1. The van der Waals surface area contributed by atoms with Gasteiger partial charge in [0.25, 0.3) is 0 Å². The lowest BCUT2D eigenvalue weighted by Crippen LogP contribution is -2.15. The minimum absolute atomic E-state index is 0.0344. The van der Waals surface area contributed by atoms with Gasteiger partial charge in [0.2, 0.25) is 0 Å². The van der Waals surface area contributed by atoms with Crippen molar-refractivity contribution in [2.45, 2.75) is 6.92 Å². The summed E-state index contributed by atoms with van der Waals surface area (Å²) >= 11 is 0. The van der Waals surface area contributed by atoms with E-state index < -0.39 is 0 Å². The van der Waals surface area contributed by atoms with Gasteiger partial charge in [0.05, 0.1) is 17.1 Å². The second-order valence-corrected chi connectivity index (χ2v) is 7.02. The van der Waals surface area contributed by atoms with Crippen LogP contribution in [-0.4, -0.2) is 33.9 Å². The number of Topliss-reactive ketones (excluding diaryl/α,β-unsaturated/α-hetero) is 1. The molecule has 0 radical (unpaired) electrons. The molecule has 6 heteroatoms. The number of pyridine rings is 1.